The lowest BCUT2D eigenvalue weighted by Gasteiger charge is -2.28. The predicted octanol–water partition coefficient (Wildman–Crippen LogP) is 16.3. The summed E-state index contributed by atoms with van der Waals surface area (Å²) in [6.45, 7) is 0. The summed E-state index contributed by atoms with van der Waals surface area (Å²) in [5.74, 6) is 0. The maximum atomic E-state index is 6.91. The first-order valence-electron chi connectivity index (χ1n) is 19.6. The number of nitrogens with zero attached hydrogens (tertiary/aromatic N) is 1. The molecule has 12 aromatic rings. The number of para-hydroxylation sites is 1. The highest BCUT2D eigenvalue weighted by Gasteiger charge is 2.26. The summed E-state index contributed by atoms with van der Waals surface area (Å²) in [7, 11) is 0. The van der Waals surface area contributed by atoms with Crippen molar-refractivity contribution in [3.8, 4) is 33.4 Å². The van der Waals surface area contributed by atoms with E-state index in [0.717, 1.165) is 83.2 Å². The molecule has 0 unspecified atom stereocenters. The summed E-state index contributed by atoms with van der Waals surface area (Å²) in [4.78, 5) is 2.45. The molecule has 0 fully saturated rings. The van der Waals surface area contributed by atoms with E-state index in [0.29, 0.717) is 0 Å². The topological polar surface area (TPSA) is 29.5 Å². The van der Waals surface area contributed by atoms with Crippen molar-refractivity contribution >= 4 is 92.4 Å². The van der Waals surface area contributed by atoms with Crippen LogP contribution in [0.15, 0.2) is 209 Å². The second-order valence-corrected chi connectivity index (χ2v) is 15.8. The minimum atomic E-state index is 0.844. The number of hydrogen-bond acceptors (Lipinski definition) is 4. The van der Waals surface area contributed by atoms with Gasteiger partial charge >= 0.3 is 0 Å². The standard InChI is InChI=1S/C54H33NO2S/c1-4-15-34(16-5-1)38-28-29-39(35-17-6-2-7-18-35)53-50(38)43-33-37(27-32-47(43)57-53)55(44-23-14-25-48-51(44)41-21-10-12-24-46(41)56-48)45-31-30-40(36-19-8-3-9-20-36)54-52(45)42-22-11-13-26-49(42)58-54/h1-33H. The monoisotopic (exact) mass is 759 g/mol. The van der Waals surface area contributed by atoms with Gasteiger partial charge in [0, 0.05) is 47.6 Å². The van der Waals surface area contributed by atoms with Crippen molar-refractivity contribution in [1.82, 2.24) is 0 Å². The molecule has 0 aliphatic rings. The molecular weight excluding hydrogens is 727 g/mol. The van der Waals surface area contributed by atoms with Crippen LogP contribution in [0.5, 0.6) is 0 Å². The molecule has 0 N–H and O–H groups in total. The normalized spacial score (nSPS) is 11.8. The van der Waals surface area contributed by atoms with Crippen molar-refractivity contribution in [2.24, 2.45) is 0 Å². The fourth-order valence-corrected chi connectivity index (χ4v) is 10.2. The molecule has 0 aliphatic carbocycles. The van der Waals surface area contributed by atoms with Gasteiger partial charge in [-0.25, -0.2) is 0 Å². The summed E-state index contributed by atoms with van der Waals surface area (Å²) in [6, 6.07) is 71.3. The number of anilines is 3. The molecule has 3 nitrogen and oxygen atoms in total. The third-order valence-electron chi connectivity index (χ3n) is 11.5. The molecule has 4 heteroatoms. The van der Waals surface area contributed by atoms with E-state index in [2.05, 4.69) is 199 Å². The molecule has 12 rings (SSSR count). The van der Waals surface area contributed by atoms with Crippen LogP contribution in [0.2, 0.25) is 0 Å². The van der Waals surface area contributed by atoms with Crippen molar-refractivity contribution in [2.45, 2.75) is 0 Å². The molecule has 272 valence electrons. The zero-order valence-electron chi connectivity index (χ0n) is 31.2. The highest BCUT2D eigenvalue weighted by atomic mass is 32.1. The number of furan rings is 2. The van der Waals surface area contributed by atoms with Gasteiger partial charge in [0.15, 0.2) is 0 Å². The Labute approximate surface area is 338 Å². The molecule has 0 amide bonds. The minimum Gasteiger partial charge on any atom is -0.456 e. The van der Waals surface area contributed by atoms with E-state index in [1.54, 1.807) is 0 Å². The van der Waals surface area contributed by atoms with Crippen LogP contribution in [-0.2, 0) is 0 Å². The number of rotatable bonds is 6. The second kappa shape index (κ2) is 13.1. The molecule has 9 aromatic carbocycles. The Morgan fingerprint density at radius 3 is 1.72 bits per heavy atom. The van der Waals surface area contributed by atoms with Crippen molar-refractivity contribution in [3.05, 3.63) is 200 Å². The first kappa shape index (κ1) is 32.8. The van der Waals surface area contributed by atoms with Crippen LogP contribution in [0.4, 0.5) is 17.1 Å². The lowest BCUT2D eigenvalue weighted by Crippen LogP contribution is -2.11. The lowest BCUT2D eigenvalue weighted by atomic mass is 9.94. The quantitative estimate of drug-likeness (QED) is 0.169. The van der Waals surface area contributed by atoms with E-state index in [1.165, 1.54) is 31.3 Å². The van der Waals surface area contributed by atoms with Crippen molar-refractivity contribution in [1.29, 1.82) is 0 Å². The molecular formula is C54H33NO2S. The van der Waals surface area contributed by atoms with Crippen molar-refractivity contribution in [3.63, 3.8) is 0 Å². The Morgan fingerprint density at radius 2 is 0.948 bits per heavy atom. The van der Waals surface area contributed by atoms with Gasteiger partial charge in [0.25, 0.3) is 0 Å². The molecule has 0 aliphatic heterocycles. The Kier molecular flexibility index (Phi) is 7.40. The van der Waals surface area contributed by atoms with Crippen LogP contribution < -0.4 is 4.90 Å². The summed E-state index contributed by atoms with van der Waals surface area (Å²) >= 11 is 1.86. The van der Waals surface area contributed by atoms with Crippen LogP contribution in [0.3, 0.4) is 0 Å². The van der Waals surface area contributed by atoms with Gasteiger partial charge in [-0.05, 0) is 82.4 Å². The van der Waals surface area contributed by atoms with Gasteiger partial charge in [-0.3, -0.25) is 0 Å². The molecule has 58 heavy (non-hydrogen) atoms. The first-order valence-corrected chi connectivity index (χ1v) is 20.4. The van der Waals surface area contributed by atoms with Gasteiger partial charge in [0.2, 0.25) is 0 Å². The largest absolute Gasteiger partial charge is 0.456 e. The van der Waals surface area contributed by atoms with Gasteiger partial charge in [0.05, 0.1) is 16.8 Å². The number of hydrogen-bond donors (Lipinski definition) is 0. The lowest BCUT2D eigenvalue weighted by molar-refractivity contribution is 0.669. The van der Waals surface area contributed by atoms with Gasteiger partial charge in [-0.15, -0.1) is 11.3 Å². The first-order chi connectivity index (χ1) is 28.8. The third kappa shape index (κ3) is 5.05. The predicted molar refractivity (Wildman–Crippen MR) is 245 cm³/mol. The van der Waals surface area contributed by atoms with Crippen LogP contribution >= 0.6 is 11.3 Å². The van der Waals surface area contributed by atoms with E-state index < -0.39 is 0 Å². The third-order valence-corrected chi connectivity index (χ3v) is 12.7. The van der Waals surface area contributed by atoms with Crippen molar-refractivity contribution < 1.29 is 8.83 Å². The van der Waals surface area contributed by atoms with Gasteiger partial charge < -0.3 is 13.7 Å². The fourth-order valence-electron chi connectivity index (χ4n) is 8.90. The van der Waals surface area contributed by atoms with Crippen molar-refractivity contribution in [2.75, 3.05) is 4.90 Å². The van der Waals surface area contributed by atoms with Gasteiger partial charge in [-0.1, -0.05) is 146 Å². The van der Waals surface area contributed by atoms with Crippen LogP contribution in [0.25, 0.3) is 97.4 Å². The average molecular weight is 760 g/mol. The zero-order chi connectivity index (χ0) is 38.2. The Hall–Kier alpha value is -7.40. The molecule has 0 spiro atoms. The maximum absolute atomic E-state index is 6.91. The van der Waals surface area contributed by atoms with Crippen LogP contribution in [-0.4, -0.2) is 0 Å². The SMILES string of the molecule is c1ccc(-c2ccc(-c3ccccc3)c3c2oc2ccc(N(c4cccc5oc6ccccc6c45)c4ccc(-c5ccccc5)c5sc6ccccc6c45)cc23)cc1. The van der Waals surface area contributed by atoms with E-state index in [9.17, 15) is 0 Å². The van der Waals surface area contributed by atoms with E-state index >= 15 is 0 Å². The molecule has 0 saturated carbocycles. The molecule has 0 atom stereocenters. The number of thiophene rings is 1. The Balaban J connectivity index is 1.20. The van der Waals surface area contributed by atoms with E-state index in [-0.39, 0.29) is 0 Å². The Bertz CT molecular complexity index is 3510. The summed E-state index contributed by atoms with van der Waals surface area (Å²) in [6.07, 6.45) is 0. The summed E-state index contributed by atoms with van der Waals surface area (Å²) in [5, 5.41) is 6.77. The number of benzene rings is 9. The molecule has 0 radical (unpaired) electrons. The van der Waals surface area contributed by atoms with Gasteiger partial charge in [0.1, 0.15) is 22.3 Å². The molecule has 3 heterocycles. The molecule has 0 bridgehead atoms. The van der Waals surface area contributed by atoms with E-state index in [4.69, 9.17) is 8.83 Å². The highest BCUT2D eigenvalue weighted by molar-refractivity contribution is 7.26. The summed E-state index contributed by atoms with van der Waals surface area (Å²) < 4.78 is 16.0. The minimum absolute atomic E-state index is 0.844. The highest BCUT2D eigenvalue weighted by Crippen LogP contribution is 2.51. The van der Waals surface area contributed by atoms with Crippen LogP contribution in [0.1, 0.15) is 0 Å². The Morgan fingerprint density at radius 1 is 0.362 bits per heavy atom. The molecule has 0 saturated heterocycles. The number of fused-ring (bicyclic) bond motifs is 9. The summed E-state index contributed by atoms with van der Waals surface area (Å²) in [5.41, 5.74) is 13.5. The second-order valence-electron chi connectivity index (χ2n) is 14.8. The van der Waals surface area contributed by atoms with Crippen LogP contribution in [0, 0.1) is 0 Å². The average Bonchev–Trinajstić information content (AvgIpc) is 3.99. The maximum Gasteiger partial charge on any atom is 0.143 e. The zero-order valence-corrected chi connectivity index (χ0v) is 32.0. The smallest absolute Gasteiger partial charge is 0.143 e. The fraction of sp³-hybridized carbons (Fsp3) is 0. The van der Waals surface area contributed by atoms with E-state index in [1.807, 2.05) is 17.4 Å². The molecule has 3 aromatic heterocycles. The van der Waals surface area contributed by atoms with Gasteiger partial charge in [-0.2, -0.15) is 0 Å².